The molecular weight excluding hydrogens is 350 g/mol. The van der Waals surface area contributed by atoms with Crippen molar-refractivity contribution in [3.05, 3.63) is 57.2 Å². The number of pyridine rings is 1. The first kappa shape index (κ1) is 18.6. The molecule has 2 atom stereocenters. The summed E-state index contributed by atoms with van der Waals surface area (Å²) in [6, 6.07) is 7.55. The number of hydrogen-bond donors (Lipinski definition) is 0. The highest BCUT2D eigenvalue weighted by Crippen LogP contribution is 2.37. The highest BCUT2D eigenvalue weighted by atomic mass is 35.5. The number of Topliss-reactive ketones (excluding diaryl/α,β-unsaturated/α-hetero) is 2. The van der Waals surface area contributed by atoms with Crippen molar-refractivity contribution in [1.29, 1.82) is 0 Å². The minimum Gasteiger partial charge on any atom is -0.481 e. The second kappa shape index (κ2) is 7.20. The summed E-state index contributed by atoms with van der Waals surface area (Å²) >= 11 is 6.02. The fraction of sp³-hybridized carbons (Fsp3) is 0.381. The molecule has 1 aromatic heterocycles. The van der Waals surface area contributed by atoms with E-state index in [1.54, 1.807) is 12.1 Å². The first-order valence-electron chi connectivity index (χ1n) is 8.64. The van der Waals surface area contributed by atoms with Gasteiger partial charge in [0, 0.05) is 18.4 Å². The number of carbonyl (C=O) groups is 2. The summed E-state index contributed by atoms with van der Waals surface area (Å²) in [5, 5.41) is 0.317. The van der Waals surface area contributed by atoms with Crippen molar-refractivity contribution in [3.8, 4) is 5.88 Å². The highest BCUT2D eigenvalue weighted by molar-refractivity contribution is 6.29. The minimum atomic E-state index is -0.653. The molecule has 0 N–H and O–H groups in total. The highest BCUT2D eigenvalue weighted by Gasteiger charge is 2.43. The molecule has 3 rings (SSSR count). The molecule has 1 saturated carbocycles. The average Bonchev–Trinajstić information content (AvgIpc) is 2.81. The number of rotatable bonds is 4. The Bertz CT molecular complexity index is 868. The lowest BCUT2D eigenvalue weighted by atomic mass is 9.86. The molecule has 0 bridgehead atoms. The van der Waals surface area contributed by atoms with Crippen molar-refractivity contribution in [2.75, 3.05) is 7.11 Å². The molecule has 4 nitrogen and oxygen atoms in total. The molecule has 1 aliphatic carbocycles. The summed E-state index contributed by atoms with van der Waals surface area (Å²) in [5.74, 6) is -0.583. The fourth-order valence-electron chi connectivity index (χ4n) is 4.01. The first-order valence-corrected chi connectivity index (χ1v) is 9.02. The van der Waals surface area contributed by atoms with Crippen molar-refractivity contribution in [3.63, 3.8) is 0 Å². The van der Waals surface area contributed by atoms with E-state index in [4.69, 9.17) is 16.3 Å². The van der Waals surface area contributed by atoms with Gasteiger partial charge in [-0.05, 0) is 55.5 Å². The molecule has 0 saturated heterocycles. The number of aromatic nitrogens is 1. The molecule has 26 heavy (non-hydrogen) atoms. The zero-order valence-corrected chi connectivity index (χ0v) is 16.2. The van der Waals surface area contributed by atoms with Gasteiger partial charge in [0.05, 0.1) is 7.11 Å². The van der Waals surface area contributed by atoms with E-state index in [1.807, 2.05) is 32.9 Å². The Kier molecular flexibility index (Phi) is 5.15. The monoisotopic (exact) mass is 371 g/mol. The maximum atomic E-state index is 13.0. The van der Waals surface area contributed by atoms with Gasteiger partial charge in [0.2, 0.25) is 5.88 Å². The second-order valence-corrected chi connectivity index (χ2v) is 7.45. The summed E-state index contributed by atoms with van der Waals surface area (Å²) in [4.78, 5) is 29.8. The third kappa shape index (κ3) is 3.51. The molecule has 1 aliphatic rings. The Morgan fingerprint density at radius 1 is 1.12 bits per heavy atom. The number of halogens is 1. The summed E-state index contributed by atoms with van der Waals surface area (Å²) in [6.07, 6.45) is 0.724. The van der Waals surface area contributed by atoms with Crippen LogP contribution in [-0.2, 0) is 16.0 Å². The number of hydrogen-bond acceptors (Lipinski definition) is 4. The number of benzene rings is 1. The molecule has 0 spiro atoms. The predicted molar refractivity (Wildman–Crippen MR) is 101 cm³/mol. The maximum absolute atomic E-state index is 13.0. The summed E-state index contributed by atoms with van der Waals surface area (Å²) < 4.78 is 5.13. The van der Waals surface area contributed by atoms with Crippen molar-refractivity contribution in [2.24, 2.45) is 5.92 Å². The van der Waals surface area contributed by atoms with Gasteiger partial charge in [-0.1, -0.05) is 29.3 Å². The first-order chi connectivity index (χ1) is 12.3. The van der Waals surface area contributed by atoms with Crippen LogP contribution in [0.1, 0.15) is 40.2 Å². The van der Waals surface area contributed by atoms with Gasteiger partial charge >= 0.3 is 0 Å². The van der Waals surface area contributed by atoms with Gasteiger partial charge in [0.25, 0.3) is 0 Å². The summed E-state index contributed by atoms with van der Waals surface area (Å²) in [6.45, 7) is 5.96. The topological polar surface area (TPSA) is 56.3 Å². The number of ether oxygens (including phenoxy) is 1. The van der Waals surface area contributed by atoms with Gasteiger partial charge in [0.1, 0.15) is 16.9 Å². The van der Waals surface area contributed by atoms with Crippen LogP contribution in [0, 0.1) is 26.7 Å². The number of methoxy groups -OCH3 is 1. The van der Waals surface area contributed by atoms with Crippen LogP contribution in [0.15, 0.2) is 24.3 Å². The molecule has 0 amide bonds. The normalized spacial score (nSPS) is 19.9. The van der Waals surface area contributed by atoms with E-state index >= 15 is 0 Å². The number of aryl methyl sites for hydroxylation is 3. The maximum Gasteiger partial charge on any atom is 0.214 e. The van der Waals surface area contributed by atoms with Crippen molar-refractivity contribution >= 4 is 23.2 Å². The lowest BCUT2D eigenvalue weighted by Gasteiger charge is -2.16. The molecule has 1 fully saturated rings. The van der Waals surface area contributed by atoms with Crippen LogP contribution >= 0.6 is 11.6 Å². The smallest absolute Gasteiger partial charge is 0.214 e. The molecule has 1 aromatic carbocycles. The number of nitrogens with zero attached hydrogens (tertiary/aromatic N) is 1. The zero-order chi connectivity index (χ0) is 19.0. The molecule has 2 aromatic rings. The Morgan fingerprint density at radius 3 is 2.38 bits per heavy atom. The van der Waals surface area contributed by atoms with Gasteiger partial charge < -0.3 is 4.74 Å². The number of ketones is 2. The number of carbonyl (C=O) groups excluding carboxylic acids is 2. The fourth-order valence-corrected chi connectivity index (χ4v) is 4.23. The predicted octanol–water partition coefficient (Wildman–Crippen LogP) is 4.15. The van der Waals surface area contributed by atoms with E-state index in [9.17, 15) is 9.59 Å². The largest absolute Gasteiger partial charge is 0.481 e. The Hall–Kier alpha value is -2.20. The lowest BCUT2D eigenvalue weighted by Crippen LogP contribution is -2.18. The molecular formula is C21H22ClNO3. The van der Waals surface area contributed by atoms with Gasteiger partial charge in [-0.3, -0.25) is 9.59 Å². The Balaban J connectivity index is 1.89. The van der Waals surface area contributed by atoms with Crippen molar-refractivity contribution < 1.29 is 14.3 Å². The van der Waals surface area contributed by atoms with E-state index in [-0.39, 0.29) is 23.9 Å². The van der Waals surface area contributed by atoms with Crippen LogP contribution in [-0.4, -0.2) is 23.7 Å². The van der Waals surface area contributed by atoms with E-state index in [0.29, 0.717) is 17.5 Å². The van der Waals surface area contributed by atoms with Crippen molar-refractivity contribution in [1.82, 2.24) is 4.98 Å². The summed E-state index contributed by atoms with van der Waals surface area (Å²) in [5.41, 5.74) is 4.87. The molecule has 0 radical (unpaired) electrons. The van der Waals surface area contributed by atoms with Crippen molar-refractivity contribution in [2.45, 2.75) is 39.5 Å². The molecule has 136 valence electrons. The third-order valence-corrected chi connectivity index (χ3v) is 5.20. The van der Waals surface area contributed by atoms with E-state index in [1.165, 1.54) is 7.11 Å². The lowest BCUT2D eigenvalue weighted by molar-refractivity contribution is -0.124. The Labute approximate surface area is 158 Å². The van der Waals surface area contributed by atoms with E-state index < -0.39 is 5.92 Å². The van der Waals surface area contributed by atoms with Crippen LogP contribution < -0.4 is 4.74 Å². The quantitative estimate of drug-likeness (QED) is 0.598. The van der Waals surface area contributed by atoms with Gasteiger partial charge in [0.15, 0.2) is 5.78 Å². The standard InChI is InChI=1S/C21H22ClNO3/c1-11-5-12(2)19(13(3)6-11)20-16(24)10-15(21(20)25)7-14-8-17(22)23-18(9-14)26-4/h5-6,8-9,15,20H,7,10H2,1-4H3. The average molecular weight is 372 g/mol. The van der Waals surface area contributed by atoms with Gasteiger partial charge in [-0.25, -0.2) is 4.98 Å². The van der Waals surface area contributed by atoms with Gasteiger partial charge in [-0.15, -0.1) is 0 Å². The second-order valence-electron chi connectivity index (χ2n) is 7.06. The van der Waals surface area contributed by atoms with Crippen LogP contribution in [0.25, 0.3) is 0 Å². The van der Waals surface area contributed by atoms with Crippen LogP contribution in [0.4, 0.5) is 0 Å². The van der Waals surface area contributed by atoms with Crippen LogP contribution in [0.3, 0.4) is 0 Å². The van der Waals surface area contributed by atoms with E-state index in [0.717, 1.165) is 27.8 Å². The minimum absolute atomic E-state index is 0.00201. The van der Waals surface area contributed by atoms with Gasteiger partial charge in [-0.2, -0.15) is 0 Å². The third-order valence-electron chi connectivity index (χ3n) is 5.00. The Morgan fingerprint density at radius 2 is 1.77 bits per heavy atom. The summed E-state index contributed by atoms with van der Waals surface area (Å²) in [7, 11) is 1.52. The van der Waals surface area contributed by atoms with Crippen LogP contribution in [0.2, 0.25) is 5.15 Å². The molecule has 0 aliphatic heterocycles. The SMILES string of the molecule is COc1cc(CC2CC(=O)C(c3c(C)cc(C)cc3C)C2=O)cc(Cl)n1. The molecule has 2 unspecified atom stereocenters. The zero-order valence-electron chi connectivity index (χ0n) is 15.4. The van der Waals surface area contributed by atoms with E-state index in [2.05, 4.69) is 4.98 Å². The van der Waals surface area contributed by atoms with Crippen LogP contribution in [0.5, 0.6) is 5.88 Å². The molecule has 5 heteroatoms. The molecule has 1 heterocycles.